The van der Waals surface area contributed by atoms with Crippen molar-refractivity contribution in [3.05, 3.63) is 23.5 Å². The van der Waals surface area contributed by atoms with Gasteiger partial charge in [0.05, 0.1) is 16.9 Å². The number of carbonyl (C=O) groups is 1. The maximum atomic E-state index is 13.9. The summed E-state index contributed by atoms with van der Waals surface area (Å²) in [6.45, 7) is 7.36. The number of fused-ring (bicyclic) bond motifs is 1. The number of rotatable bonds is 2. The highest BCUT2D eigenvalue weighted by molar-refractivity contribution is 6.09. The molecular formula is C14H19FN4O. The second-order valence-electron chi connectivity index (χ2n) is 5.34. The van der Waals surface area contributed by atoms with E-state index in [9.17, 15) is 9.18 Å². The predicted molar refractivity (Wildman–Crippen MR) is 78.3 cm³/mol. The van der Waals surface area contributed by atoms with Gasteiger partial charge in [-0.2, -0.15) is 5.10 Å². The average Bonchev–Trinajstić information content (AvgIpc) is 2.40. The van der Waals surface area contributed by atoms with Gasteiger partial charge in [-0.15, -0.1) is 0 Å². The number of hydrogen-bond acceptors (Lipinski definition) is 3. The third-order valence-electron chi connectivity index (χ3n) is 3.25. The van der Waals surface area contributed by atoms with Crippen LogP contribution in [0, 0.1) is 12.7 Å². The molecule has 0 bridgehead atoms. The second kappa shape index (κ2) is 5.11. The van der Waals surface area contributed by atoms with Gasteiger partial charge in [0.1, 0.15) is 5.82 Å². The average molecular weight is 278 g/mol. The minimum Gasteiger partial charge on any atom is -0.369 e. The van der Waals surface area contributed by atoms with Crippen molar-refractivity contribution >= 4 is 23.1 Å². The van der Waals surface area contributed by atoms with Crippen LogP contribution < -0.4 is 16.1 Å². The van der Waals surface area contributed by atoms with E-state index in [0.29, 0.717) is 23.6 Å². The van der Waals surface area contributed by atoms with E-state index in [1.165, 1.54) is 6.07 Å². The van der Waals surface area contributed by atoms with Crippen LogP contribution in [-0.2, 0) is 4.79 Å². The number of hydrogen-bond donors (Lipinski definition) is 3. The molecule has 0 aromatic heterocycles. The monoisotopic (exact) mass is 278 g/mol. The Morgan fingerprint density at radius 3 is 2.75 bits per heavy atom. The third-order valence-corrected chi connectivity index (χ3v) is 3.25. The van der Waals surface area contributed by atoms with E-state index in [0.717, 1.165) is 5.56 Å². The van der Waals surface area contributed by atoms with E-state index < -0.39 is 5.54 Å². The van der Waals surface area contributed by atoms with E-state index in [1.54, 1.807) is 13.0 Å². The van der Waals surface area contributed by atoms with Gasteiger partial charge < -0.3 is 10.6 Å². The molecule has 1 aliphatic heterocycles. The van der Waals surface area contributed by atoms with Crippen molar-refractivity contribution in [2.45, 2.75) is 39.7 Å². The summed E-state index contributed by atoms with van der Waals surface area (Å²) in [5, 5.41) is 10.3. The van der Waals surface area contributed by atoms with Crippen LogP contribution in [0.1, 0.15) is 32.8 Å². The minimum atomic E-state index is -0.608. The van der Waals surface area contributed by atoms with Crippen molar-refractivity contribution in [3.63, 3.8) is 0 Å². The van der Waals surface area contributed by atoms with Gasteiger partial charge in [0.15, 0.2) is 5.84 Å². The Morgan fingerprint density at radius 1 is 1.40 bits per heavy atom. The molecule has 0 saturated heterocycles. The number of halogens is 1. The summed E-state index contributed by atoms with van der Waals surface area (Å²) in [4.78, 5) is 11.3. The van der Waals surface area contributed by atoms with Crippen LogP contribution >= 0.6 is 0 Å². The highest BCUT2D eigenvalue weighted by atomic mass is 19.1. The zero-order chi connectivity index (χ0) is 14.9. The summed E-state index contributed by atoms with van der Waals surface area (Å²) in [6.07, 6.45) is 0.356. The number of amides is 1. The van der Waals surface area contributed by atoms with Crippen molar-refractivity contribution in [3.8, 4) is 0 Å². The Kier molecular flexibility index (Phi) is 3.65. The Hall–Kier alpha value is -2.11. The number of carbonyl (C=O) groups excluding carboxylic acids is 1. The number of hydrazone groups is 1. The van der Waals surface area contributed by atoms with Gasteiger partial charge in [0.2, 0.25) is 5.91 Å². The number of benzene rings is 1. The molecule has 1 amide bonds. The Balaban J connectivity index is 2.38. The maximum Gasteiger partial charge on any atom is 0.239 e. The molecule has 0 atom stereocenters. The zero-order valence-corrected chi connectivity index (χ0v) is 12.1. The summed E-state index contributed by atoms with van der Waals surface area (Å²) in [5.41, 5.74) is 3.84. The van der Waals surface area contributed by atoms with Gasteiger partial charge in [0.25, 0.3) is 0 Å². The van der Waals surface area contributed by atoms with Crippen molar-refractivity contribution in [1.82, 2.24) is 5.43 Å². The van der Waals surface area contributed by atoms with Gasteiger partial charge in [-0.05, 0) is 32.4 Å². The van der Waals surface area contributed by atoms with Crippen LogP contribution in [0.2, 0.25) is 0 Å². The van der Waals surface area contributed by atoms with Crippen molar-refractivity contribution in [1.29, 1.82) is 0 Å². The molecule has 5 nitrogen and oxygen atoms in total. The SMILES string of the molecule is CCC(=O)NN=C1Nc2c(C)ccc(F)c2NC1(C)C. The largest absolute Gasteiger partial charge is 0.369 e. The van der Waals surface area contributed by atoms with Crippen LogP contribution in [-0.4, -0.2) is 17.3 Å². The smallest absolute Gasteiger partial charge is 0.239 e. The molecule has 6 heteroatoms. The summed E-state index contributed by atoms with van der Waals surface area (Å²) in [7, 11) is 0. The molecule has 0 fully saturated rings. The lowest BCUT2D eigenvalue weighted by Gasteiger charge is -2.36. The second-order valence-corrected chi connectivity index (χ2v) is 5.34. The number of nitrogens with zero attached hydrogens (tertiary/aromatic N) is 1. The quantitative estimate of drug-likeness (QED) is 0.728. The number of nitrogens with one attached hydrogen (secondary N) is 3. The summed E-state index contributed by atoms with van der Waals surface area (Å²) in [5.74, 6) is 0.0557. The van der Waals surface area contributed by atoms with E-state index in [4.69, 9.17) is 0 Å². The number of amidine groups is 1. The van der Waals surface area contributed by atoms with Crippen molar-refractivity contribution in [2.75, 3.05) is 10.6 Å². The molecule has 20 heavy (non-hydrogen) atoms. The topological polar surface area (TPSA) is 65.5 Å². The van der Waals surface area contributed by atoms with Crippen molar-refractivity contribution < 1.29 is 9.18 Å². The molecule has 0 aliphatic carbocycles. The molecule has 0 radical (unpaired) electrons. The van der Waals surface area contributed by atoms with E-state index in [2.05, 4.69) is 21.2 Å². The lowest BCUT2D eigenvalue weighted by atomic mass is 9.97. The predicted octanol–water partition coefficient (Wildman–Crippen LogP) is 2.59. The summed E-state index contributed by atoms with van der Waals surface area (Å²) >= 11 is 0. The summed E-state index contributed by atoms with van der Waals surface area (Å²) in [6, 6.07) is 3.13. The highest BCUT2D eigenvalue weighted by Gasteiger charge is 2.33. The van der Waals surface area contributed by atoms with Crippen LogP contribution in [0.4, 0.5) is 15.8 Å². The van der Waals surface area contributed by atoms with Gasteiger partial charge in [0, 0.05) is 6.42 Å². The van der Waals surface area contributed by atoms with Gasteiger partial charge in [-0.1, -0.05) is 13.0 Å². The Morgan fingerprint density at radius 2 is 2.10 bits per heavy atom. The Bertz CT molecular complexity index is 581. The number of aryl methyl sites for hydroxylation is 1. The molecule has 108 valence electrons. The van der Waals surface area contributed by atoms with Gasteiger partial charge in [-0.25, -0.2) is 9.82 Å². The highest BCUT2D eigenvalue weighted by Crippen LogP contribution is 2.35. The van der Waals surface area contributed by atoms with Crippen LogP contribution in [0.3, 0.4) is 0 Å². The minimum absolute atomic E-state index is 0.170. The lowest BCUT2D eigenvalue weighted by molar-refractivity contribution is -0.120. The first-order valence-electron chi connectivity index (χ1n) is 6.56. The molecular weight excluding hydrogens is 259 g/mol. The van der Waals surface area contributed by atoms with E-state index in [-0.39, 0.29) is 11.7 Å². The van der Waals surface area contributed by atoms with Crippen LogP contribution in [0.25, 0.3) is 0 Å². The van der Waals surface area contributed by atoms with Crippen LogP contribution in [0.15, 0.2) is 17.2 Å². The first-order valence-corrected chi connectivity index (χ1v) is 6.56. The third kappa shape index (κ3) is 2.59. The molecule has 0 saturated carbocycles. The standard InChI is InChI=1S/C14H19FN4O/c1-5-10(20)18-19-13-14(3,4)17-12-9(15)7-6-8(2)11(12)16-13/h6-7,17H,5H2,1-4H3,(H,16,19)(H,18,20). The van der Waals surface area contributed by atoms with Gasteiger partial charge >= 0.3 is 0 Å². The fourth-order valence-corrected chi connectivity index (χ4v) is 1.98. The van der Waals surface area contributed by atoms with E-state index in [1.807, 2.05) is 20.8 Å². The molecule has 1 aromatic carbocycles. The van der Waals surface area contributed by atoms with E-state index >= 15 is 0 Å². The lowest BCUT2D eigenvalue weighted by Crippen LogP contribution is -2.49. The molecule has 1 heterocycles. The molecule has 1 aliphatic rings. The van der Waals surface area contributed by atoms with Crippen LogP contribution in [0.5, 0.6) is 0 Å². The first-order chi connectivity index (χ1) is 9.35. The fraction of sp³-hybridized carbons (Fsp3) is 0.429. The Labute approximate surface area is 117 Å². The van der Waals surface area contributed by atoms with Gasteiger partial charge in [-0.3, -0.25) is 4.79 Å². The molecule has 1 aromatic rings. The molecule has 2 rings (SSSR count). The molecule has 0 unspecified atom stereocenters. The first kappa shape index (κ1) is 14.3. The number of anilines is 2. The summed E-state index contributed by atoms with van der Waals surface area (Å²) < 4.78 is 13.9. The normalized spacial score (nSPS) is 17.9. The molecule has 0 spiro atoms. The maximum absolute atomic E-state index is 13.9. The fourth-order valence-electron chi connectivity index (χ4n) is 1.98. The molecule has 3 N–H and O–H groups in total. The van der Waals surface area contributed by atoms with Crippen molar-refractivity contribution in [2.24, 2.45) is 5.10 Å². The zero-order valence-electron chi connectivity index (χ0n) is 12.1.